The van der Waals surface area contributed by atoms with Gasteiger partial charge < -0.3 is 4.98 Å². The van der Waals surface area contributed by atoms with Crippen molar-refractivity contribution in [1.82, 2.24) is 29.5 Å². The van der Waals surface area contributed by atoms with E-state index in [0.717, 1.165) is 25.2 Å². The number of hydrogen-bond acceptors (Lipinski definition) is 5. The molecule has 0 bridgehead atoms. The maximum absolute atomic E-state index is 12.4. The molecule has 0 radical (unpaired) electrons. The molecule has 114 valence electrons. The van der Waals surface area contributed by atoms with Gasteiger partial charge in [-0.1, -0.05) is 6.92 Å². The van der Waals surface area contributed by atoms with Crippen LogP contribution in [0.2, 0.25) is 0 Å². The fourth-order valence-corrected chi connectivity index (χ4v) is 3.64. The van der Waals surface area contributed by atoms with E-state index in [1.54, 1.807) is 11.6 Å². The van der Waals surface area contributed by atoms with Crippen molar-refractivity contribution in [2.24, 2.45) is 0 Å². The first kappa shape index (κ1) is 14.2. The number of H-pyrrole nitrogens is 1. The average molecular weight is 310 g/mol. The van der Waals surface area contributed by atoms with Crippen LogP contribution in [0.25, 0.3) is 0 Å². The molecule has 1 atom stereocenters. The number of imidazole rings is 1. The first-order valence-corrected chi connectivity index (χ1v) is 8.45. The molecular formula is C12H18N6O2S. The van der Waals surface area contributed by atoms with Gasteiger partial charge in [0, 0.05) is 13.0 Å². The number of hydrogen-bond donors (Lipinski definition) is 2. The van der Waals surface area contributed by atoms with E-state index < -0.39 is 10.0 Å². The number of nitrogens with one attached hydrogen (secondary N) is 2. The van der Waals surface area contributed by atoms with Crippen LogP contribution in [0, 0.1) is 6.92 Å². The van der Waals surface area contributed by atoms with E-state index in [2.05, 4.69) is 24.8 Å². The molecule has 0 amide bonds. The minimum atomic E-state index is -3.63. The maximum atomic E-state index is 12.4. The number of aromatic nitrogens is 5. The summed E-state index contributed by atoms with van der Waals surface area (Å²) < 4.78 is 29.2. The Balaban J connectivity index is 1.88. The third-order valence-corrected chi connectivity index (χ3v) is 4.88. The molecule has 0 saturated heterocycles. The number of rotatable bonds is 4. The van der Waals surface area contributed by atoms with E-state index >= 15 is 0 Å². The van der Waals surface area contributed by atoms with Gasteiger partial charge in [0.05, 0.1) is 12.2 Å². The SMILES string of the molecule is CCc1nc2n(n1)CCC[C@H]2NS(=O)(=O)c1cnc(C)[nH]1. The largest absolute Gasteiger partial charge is 0.332 e. The molecule has 0 saturated carbocycles. The first-order valence-electron chi connectivity index (χ1n) is 6.97. The Morgan fingerprint density at radius 2 is 2.33 bits per heavy atom. The third-order valence-electron chi connectivity index (χ3n) is 3.50. The zero-order valence-corrected chi connectivity index (χ0v) is 12.8. The molecule has 2 N–H and O–H groups in total. The Labute approximate surface area is 123 Å². The topological polar surface area (TPSA) is 106 Å². The smallest absolute Gasteiger partial charge is 0.258 e. The average Bonchev–Trinajstić information content (AvgIpc) is 3.05. The molecule has 3 rings (SSSR count). The van der Waals surface area contributed by atoms with Crippen LogP contribution in [0.4, 0.5) is 0 Å². The van der Waals surface area contributed by atoms with Crippen LogP contribution >= 0.6 is 0 Å². The van der Waals surface area contributed by atoms with Crippen molar-refractivity contribution in [3.63, 3.8) is 0 Å². The maximum Gasteiger partial charge on any atom is 0.258 e. The molecule has 8 nitrogen and oxygen atoms in total. The molecule has 3 heterocycles. The lowest BCUT2D eigenvalue weighted by molar-refractivity contribution is 0.399. The highest BCUT2D eigenvalue weighted by atomic mass is 32.2. The summed E-state index contributed by atoms with van der Waals surface area (Å²) in [4.78, 5) is 11.1. The van der Waals surface area contributed by atoms with E-state index in [4.69, 9.17) is 0 Å². The third kappa shape index (κ3) is 2.70. The Hall–Kier alpha value is -1.74. The molecular weight excluding hydrogens is 292 g/mol. The van der Waals surface area contributed by atoms with Gasteiger partial charge >= 0.3 is 0 Å². The Bertz CT molecular complexity index is 748. The molecule has 9 heteroatoms. The lowest BCUT2D eigenvalue weighted by atomic mass is 10.1. The fourth-order valence-electron chi connectivity index (χ4n) is 2.45. The Morgan fingerprint density at radius 1 is 1.52 bits per heavy atom. The number of nitrogens with zero attached hydrogens (tertiary/aromatic N) is 4. The summed E-state index contributed by atoms with van der Waals surface area (Å²) in [5, 5.41) is 4.45. The van der Waals surface area contributed by atoms with Crippen LogP contribution in [0.3, 0.4) is 0 Å². The highest BCUT2D eigenvalue weighted by Gasteiger charge is 2.29. The van der Waals surface area contributed by atoms with Crippen LogP contribution < -0.4 is 4.72 Å². The van der Waals surface area contributed by atoms with Crippen molar-refractivity contribution in [3.8, 4) is 0 Å². The van der Waals surface area contributed by atoms with Gasteiger partial charge in [-0.3, -0.25) is 0 Å². The summed E-state index contributed by atoms with van der Waals surface area (Å²) >= 11 is 0. The van der Waals surface area contributed by atoms with Crippen LogP contribution in [0.5, 0.6) is 0 Å². The molecule has 1 aliphatic rings. The fraction of sp³-hybridized carbons (Fsp3) is 0.583. The van der Waals surface area contributed by atoms with Gasteiger partial charge in [0.15, 0.2) is 10.9 Å². The van der Waals surface area contributed by atoms with Crippen LogP contribution in [-0.4, -0.2) is 33.2 Å². The zero-order valence-electron chi connectivity index (χ0n) is 12.0. The summed E-state index contributed by atoms with van der Waals surface area (Å²) in [5.74, 6) is 2.00. The van der Waals surface area contributed by atoms with E-state index in [1.165, 1.54) is 6.20 Å². The zero-order chi connectivity index (χ0) is 15.0. The van der Waals surface area contributed by atoms with Crippen LogP contribution in [0.15, 0.2) is 11.2 Å². The van der Waals surface area contributed by atoms with E-state index in [0.29, 0.717) is 18.1 Å². The normalized spacial score (nSPS) is 18.7. The van der Waals surface area contributed by atoms with Gasteiger partial charge in [-0.15, -0.1) is 0 Å². The molecule has 2 aromatic rings. The minimum absolute atomic E-state index is 0.0763. The summed E-state index contributed by atoms with van der Waals surface area (Å²) in [7, 11) is -3.63. The van der Waals surface area contributed by atoms with Crippen LogP contribution in [-0.2, 0) is 23.0 Å². The standard InChI is InChI=1S/C12H18N6O2S/c1-3-10-15-12-9(5-4-6-18(12)16-10)17-21(19,20)11-7-13-8(2)14-11/h7,9,17H,3-6H2,1-2H3,(H,13,14)/t9-/m1/s1. The second kappa shape index (κ2) is 5.23. The van der Waals surface area contributed by atoms with Gasteiger partial charge in [0.25, 0.3) is 10.0 Å². The van der Waals surface area contributed by atoms with E-state index in [-0.39, 0.29) is 11.1 Å². The molecule has 0 aliphatic carbocycles. The van der Waals surface area contributed by atoms with Crippen molar-refractivity contribution in [2.75, 3.05) is 0 Å². The van der Waals surface area contributed by atoms with E-state index in [1.807, 2.05) is 6.92 Å². The molecule has 1 aliphatic heterocycles. The number of sulfonamides is 1. The van der Waals surface area contributed by atoms with Crippen molar-refractivity contribution in [3.05, 3.63) is 23.7 Å². The van der Waals surface area contributed by atoms with Gasteiger partial charge in [-0.2, -0.15) is 9.82 Å². The van der Waals surface area contributed by atoms with Gasteiger partial charge in [-0.05, 0) is 19.8 Å². The quantitative estimate of drug-likeness (QED) is 0.864. The monoisotopic (exact) mass is 310 g/mol. The number of aromatic amines is 1. The molecule has 0 aromatic carbocycles. The van der Waals surface area contributed by atoms with Crippen molar-refractivity contribution in [2.45, 2.75) is 50.7 Å². The molecule has 0 unspecified atom stereocenters. The lowest BCUT2D eigenvalue weighted by Gasteiger charge is -2.22. The van der Waals surface area contributed by atoms with Gasteiger partial charge in [0.2, 0.25) is 0 Å². The Morgan fingerprint density at radius 3 is 3.00 bits per heavy atom. The van der Waals surface area contributed by atoms with E-state index in [9.17, 15) is 8.42 Å². The van der Waals surface area contributed by atoms with Gasteiger partial charge in [-0.25, -0.2) is 23.1 Å². The summed E-state index contributed by atoms with van der Waals surface area (Å²) in [6.45, 7) is 4.47. The highest BCUT2D eigenvalue weighted by molar-refractivity contribution is 7.89. The molecule has 0 spiro atoms. The first-order chi connectivity index (χ1) is 9.99. The van der Waals surface area contributed by atoms with Crippen LogP contribution in [0.1, 0.15) is 43.3 Å². The summed E-state index contributed by atoms with van der Waals surface area (Å²) in [5.41, 5.74) is 0. The molecule has 0 fully saturated rings. The molecule has 2 aromatic heterocycles. The van der Waals surface area contributed by atoms with Crippen molar-refractivity contribution in [1.29, 1.82) is 0 Å². The second-order valence-corrected chi connectivity index (χ2v) is 6.79. The number of fused-ring (bicyclic) bond motifs is 1. The summed E-state index contributed by atoms with van der Waals surface area (Å²) in [6, 6.07) is -0.347. The van der Waals surface area contributed by atoms with Crippen molar-refractivity contribution >= 4 is 10.0 Å². The predicted octanol–water partition coefficient (Wildman–Crippen LogP) is 0.685. The Kier molecular flexibility index (Phi) is 3.54. The minimum Gasteiger partial charge on any atom is -0.332 e. The van der Waals surface area contributed by atoms with Crippen molar-refractivity contribution < 1.29 is 8.42 Å². The predicted molar refractivity (Wildman–Crippen MR) is 75.0 cm³/mol. The highest BCUT2D eigenvalue weighted by Crippen LogP contribution is 2.25. The summed E-state index contributed by atoms with van der Waals surface area (Å²) in [6.07, 6.45) is 3.64. The second-order valence-electron chi connectivity index (χ2n) is 5.11. The molecule has 21 heavy (non-hydrogen) atoms. The number of aryl methyl sites for hydroxylation is 3. The van der Waals surface area contributed by atoms with Gasteiger partial charge in [0.1, 0.15) is 11.6 Å². The lowest BCUT2D eigenvalue weighted by Crippen LogP contribution is -2.33.